The minimum Gasteiger partial charge on any atom is -0.397 e. The molecule has 2 aromatic rings. The van der Waals surface area contributed by atoms with Gasteiger partial charge in [-0.25, -0.2) is 4.63 Å². The number of rotatable bonds is 2. The summed E-state index contributed by atoms with van der Waals surface area (Å²) >= 11 is 0. The van der Waals surface area contributed by atoms with Gasteiger partial charge in [-0.1, -0.05) is 0 Å². The van der Waals surface area contributed by atoms with Crippen molar-refractivity contribution in [2.75, 3.05) is 11.1 Å². The van der Waals surface area contributed by atoms with E-state index in [1.54, 1.807) is 12.1 Å². The van der Waals surface area contributed by atoms with Crippen molar-refractivity contribution in [1.29, 1.82) is 0 Å². The lowest BCUT2D eigenvalue weighted by Crippen LogP contribution is -2.47. The quantitative estimate of drug-likeness (QED) is 0.514. The molecule has 8 heteroatoms. The molecule has 1 saturated heterocycles. The number of benzene rings is 1. The highest BCUT2D eigenvalue weighted by Gasteiger charge is 2.27. The zero-order chi connectivity index (χ0) is 13.4. The number of fused-ring (bicyclic) bond motifs is 1. The molecule has 1 aliphatic heterocycles. The summed E-state index contributed by atoms with van der Waals surface area (Å²) in [5.41, 5.74) is 7.68. The highest BCUT2D eigenvalue weighted by molar-refractivity contribution is 6.03. The van der Waals surface area contributed by atoms with Crippen molar-refractivity contribution >= 4 is 34.2 Å². The average Bonchev–Trinajstić information content (AvgIpc) is 2.86. The second kappa shape index (κ2) is 4.23. The number of nitrogens with one attached hydrogen (secondary N) is 2. The van der Waals surface area contributed by atoms with Gasteiger partial charge in [-0.3, -0.25) is 14.9 Å². The van der Waals surface area contributed by atoms with Crippen LogP contribution in [-0.4, -0.2) is 28.2 Å². The van der Waals surface area contributed by atoms with E-state index in [0.717, 1.165) is 0 Å². The van der Waals surface area contributed by atoms with Crippen LogP contribution in [0.2, 0.25) is 0 Å². The van der Waals surface area contributed by atoms with E-state index in [1.165, 1.54) is 0 Å². The van der Waals surface area contributed by atoms with Gasteiger partial charge in [-0.2, -0.15) is 0 Å². The van der Waals surface area contributed by atoms with E-state index in [2.05, 4.69) is 25.6 Å². The second-order valence-corrected chi connectivity index (χ2v) is 4.31. The fourth-order valence-corrected chi connectivity index (χ4v) is 2.02. The van der Waals surface area contributed by atoms with Crippen LogP contribution in [-0.2, 0) is 9.59 Å². The van der Waals surface area contributed by atoms with Crippen LogP contribution in [0.1, 0.15) is 12.8 Å². The third kappa shape index (κ3) is 1.96. The number of imide groups is 1. The van der Waals surface area contributed by atoms with Crippen LogP contribution in [0.25, 0.3) is 11.0 Å². The molecule has 0 aliphatic carbocycles. The third-order valence-electron chi connectivity index (χ3n) is 3.02. The first-order valence-electron chi connectivity index (χ1n) is 5.76. The summed E-state index contributed by atoms with van der Waals surface area (Å²) < 4.78 is 4.64. The lowest BCUT2D eigenvalue weighted by molar-refractivity contribution is -0.133. The van der Waals surface area contributed by atoms with Crippen LogP contribution in [0.15, 0.2) is 16.8 Å². The highest BCUT2D eigenvalue weighted by atomic mass is 16.6. The van der Waals surface area contributed by atoms with Crippen molar-refractivity contribution in [1.82, 2.24) is 15.6 Å². The number of piperidine rings is 1. The fourth-order valence-electron chi connectivity index (χ4n) is 2.02. The Morgan fingerprint density at radius 3 is 2.89 bits per heavy atom. The smallest absolute Gasteiger partial charge is 0.249 e. The van der Waals surface area contributed by atoms with Crippen molar-refractivity contribution in [3.63, 3.8) is 0 Å². The first kappa shape index (κ1) is 11.5. The fraction of sp³-hybridized carbons (Fsp3) is 0.273. The Labute approximate surface area is 107 Å². The van der Waals surface area contributed by atoms with Crippen LogP contribution in [0.4, 0.5) is 11.4 Å². The summed E-state index contributed by atoms with van der Waals surface area (Å²) in [6.07, 6.45) is 0.737. The number of amides is 2. The van der Waals surface area contributed by atoms with E-state index < -0.39 is 6.04 Å². The summed E-state index contributed by atoms with van der Waals surface area (Å²) in [7, 11) is 0. The number of nitrogens with zero attached hydrogens (tertiary/aromatic N) is 2. The van der Waals surface area contributed by atoms with Crippen LogP contribution in [0.5, 0.6) is 0 Å². The van der Waals surface area contributed by atoms with Crippen LogP contribution < -0.4 is 16.4 Å². The molecule has 8 nitrogen and oxygen atoms in total. The maximum Gasteiger partial charge on any atom is 0.249 e. The molecule has 2 heterocycles. The Balaban J connectivity index is 1.89. The zero-order valence-electron chi connectivity index (χ0n) is 9.84. The molecule has 1 aromatic carbocycles. The predicted molar refractivity (Wildman–Crippen MR) is 66.0 cm³/mol. The Morgan fingerprint density at radius 1 is 1.32 bits per heavy atom. The predicted octanol–water partition coefficient (Wildman–Crippen LogP) is 0.0221. The van der Waals surface area contributed by atoms with E-state index in [-0.39, 0.29) is 11.8 Å². The summed E-state index contributed by atoms with van der Waals surface area (Å²) in [5, 5.41) is 12.8. The van der Waals surface area contributed by atoms with Gasteiger partial charge in [0, 0.05) is 6.42 Å². The number of hydrogen-bond acceptors (Lipinski definition) is 7. The van der Waals surface area contributed by atoms with Gasteiger partial charge >= 0.3 is 0 Å². The number of hydrogen-bond donors (Lipinski definition) is 3. The summed E-state index contributed by atoms with van der Waals surface area (Å²) in [6, 6.07) is 2.87. The van der Waals surface area contributed by atoms with E-state index in [0.29, 0.717) is 35.2 Å². The van der Waals surface area contributed by atoms with Crippen LogP contribution >= 0.6 is 0 Å². The van der Waals surface area contributed by atoms with Crippen molar-refractivity contribution in [2.45, 2.75) is 18.9 Å². The molecule has 0 radical (unpaired) electrons. The zero-order valence-corrected chi connectivity index (χ0v) is 9.84. The van der Waals surface area contributed by atoms with Gasteiger partial charge < -0.3 is 11.1 Å². The molecule has 0 bridgehead atoms. The van der Waals surface area contributed by atoms with Gasteiger partial charge in [0.1, 0.15) is 6.04 Å². The average molecular weight is 261 g/mol. The van der Waals surface area contributed by atoms with Gasteiger partial charge in [-0.05, 0) is 28.9 Å². The molecule has 0 saturated carbocycles. The van der Waals surface area contributed by atoms with E-state index >= 15 is 0 Å². The first-order valence-corrected chi connectivity index (χ1v) is 5.76. The standard InChI is InChI=1S/C11H11N5O3/c12-5-1-2-6(10-9(5)15-19-16-10)13-7-3-4-8(17)14-11(7)18/h1-2,7,13H,3-4,12H2,(H,14,17,18). The second-order valence-electron chi connectivity index (χ2n) is 4.31. The molecule has 1 aromatic heterocycles. The number of carbonyl (C=O) groups is 2. The Morgan fingerprint density at radius 2 is 2.11 bits per heavy atom. The minimum absolute atomic E-state index is 0.256. The maximum absolute atomic E-state index is 11.7. The molecule has 4 N–H and O–H groups in total. The molecule has 3 rings (SSSR count). The summed E-state index contributed by atoms with van der Waals surface area (Å²) in [6.45, 7) is 0. The van der Waals surface area contributed by atoms with E-state index in [9.17, 15) is 9.59 Å². The molecular formula is C11H11N5O3. The number of nitrogen functional groups attached to an aromatic ring is 1. The molecular weight excluding hydrogens is 250 g/mol. The highest BCUT2D eigenvalue weighted by Crippen LogP contribution is 2.26. The number of aromatic nitrogens is 2. The van der Waals surface area contributed by atoms with E-state index in [1.807, 2.05) is 0 Å². The molecule has 1 unspecified atom stereocenters. The molecule has 98 valence electrons. The Kier molecular flexibility index (Phi) is 2.55. The van der Waals surface area contributed by atoms with Crippen LogP contribution in [0, 0.1) is 0 Å². The largest absolute Gasteiger partial charge is 0.397 e. The lowest BCUT2D eigenvalue weighted by atomic mass is 10.1. The van der Waals surface area contributed by atoms with Gasteiger partial charge in [0.2, 0.25) is 11.8 Å². The van der Waals surface area contributed by atoms with Gasteiger partial charge in [-0.15, -0.1) is 0 Å². The molecule has 19 heavy (non-hydrogen) atoms. The molecule has 2 amide bonds. The van der Waals surface area contributed by atoms with Crippen molar-refractivity contribution < 1.29 is 14.2 Å². The minimum atomic E-state index is -0.485. The molecule has 1 aliphatic rings. The number of nitrogens with two attached hydrogens (primary N) is 1. The van der Waals surface area contributed by atoms with E-state index in [4.69, 9.17) is 5.73 Å². The molecule has 0 spiro atoms. The normalized spacial score (nSPS) is 19.5. The summed E-state index contributed by atoms with van der Waals surface area (Å²) in [4.78, 5) is 22.7. The monoisotopic (exact) mass is 261 g/mol. The Bertz CT molecular complexity index is 665. The maximum atomic E-state index is 11.7. The molecule has 1 fully saturated rings. The summed E-state index contributed by atoms with van der Waals surface area (Å²) in [5.74, 6) is -0.605. The van der Waals surface area contributed by atoms with Gasteiger partial charge in [0.05, 0.1) is 11.4 Å². The molecule has 1 atom stereocenters. The van der Waals surface area contributed by atoms with Gasteiger partial charge in [0.15, 0.2) is 11.0 Å². The first-order chi connectivity index (χ1) is 9.15. The Hall–Kier alpha value is -2.64. The van der Waals surface area contributed by atoms with Crippen molar-refractivity contribution in [3.05, 3.63) is 12.1 Å². The van der Waals surface area contributed by atoms with Crippen molar-refractivity contribution in [3.8, 4) is 0 Å². The SMILES string of the molecule is Nc1ccc(NC2CCC(=O)NC2=O)c2nonc12. The number of carbonyl (C=O) groups excluding carboxylic acids is 2. The van der Waals surface area contributed by atoms with Crippen LogP contribution in [0.3, 0.4) is 0 Å². The lowest BCUT2D eigenvalue weighted by Gasteiger charge is -2.22. The third-order valence-corrected chi connectivity index (χ3v) is 3.02. The van der Waals surface area contributed by atoms with Crippen molar-refractivity contribution in [2.24, 2.45) is 0 Å². The number of anilines is 2. The van der Waals surface area contributed by atoms with Gasteiger partial charge in [0.25, 0.3) is 0 Å². The topological polar surface area (TPSA) is 123 Å².